The van der Waals surface area contributed by atoms with Crippen LogP contribution in [0.4, 0.5) is 28.9 Å². The number of fused-ring (bicyclic) bond motifs is 3. The molecule has 2 amide bonds. The fourth-order valence-corrected chi connectivity index (χ4v) is 4.05. The molecule has 0 bridgehead atoms. The lowest BCUT2D eigenvalue weighted by Gasteiger charge is -2.25. The number of anilines is 2. The first kappa shape index (κ1) is 24.5. The lowest BCUT2D eigenvalue weighted by molar-refractivity contribution is -0.141. The fourth-order valence-electron chi connectivity index (χ4n) is 3.94. The van der Waals surface area contributed by atoms with E-state index in [4.69, 9.17) is 16.3 Å². The van der Waals surface area contributed by atoms with Crippen LogP contribution in [0.15, 0.2) is 48.5 Å². The van der Waals surface area contributed by atoms with Gasteiger partial charge in [-0.3, -0.25) is 9.59 Å². The molecule has 1 aromatic heterocycles. The van der Waals surface area contributed by atoms with Gasteiger partial charge in [0.25, 0.3) is 0 Å². The summed E-state index contributed by atoms with van der Waals surface area (Å²) in [5.74, 6) is -3.26. The van der Waals surface area contributed by atoms with Gasteiger partial charge in [0.2, 0.25) is 17.7 Å². The molecule has 182 valence electrons. The minimum Gasteiger partial charge on any atom is -0.480 e. The molecule has 1 aliphatic rings. The third kappa shape index (κ3) is 4.66. The molecule has 0 fully saturated rings. The number of rotatable bonds is 4. The van der Waals surface area contributed by atoms with Crippen LogP contribution in [-0.4, -0.2) is 30.5 Å². The van der Waals surface area contributed by atoms with Gasteiger partial charge >= 0.3 is 6.18 Å². The highest BCUT2D eigenvalue weighted by Crippen LogP contribution is 2.47. The number of alkyl halides is 3. The van der Waals surface area contributed by atoms with E-state index in [2.05, 4.69) is 10.3 Å². The number of hydrogen-bond donors (Lipinski definition) is 1. The molecule has 2 heterocycles. The Morgan fingerprint density at radius 1 is 1.20 bits per heavy atom. The summed E-state index contributed by atoms with van der Waals surface area (Å²) in [7, 11) is 1.17. The van der Waals surface area contributed by atoms with E-state index < -0.39 is 42.0 Å². The van der Waals surface area contributed by atoms with Gasteiger partial charge < -0.3 is 15.0 Å². The van der Waals surface area contributed by atoms with Crippen LogP contribution in [0.1, 0.15) is 24.1 Å². The molecule has 0 aliphatic carbocycles. The topological polar surface area (TPSA) is 71.5 Å². The fraction of sp³-hybridized carbons (Fsp3) is 0.208. The van der Waals surface area contributed by atoms with E-state index in [1.807, 2.05) is 0 Å². The third-order valence-corrected chi connectivity index (χ3v) is 5.88. The van der Waals surface area contributed by atoms with Crippen LogP contribution >= 0.6 is 11.6 Å². The van der Waals surface area contributed by atoms with E-state index in [-0.39, 0.29) is 27.8 Å². The van der Waals surface area contributed by atoms with Crippen molar-refractivity contribution < 1.29 is 31.9 Å². The van der Waals surface area contributed by atoms with Crippen molar-refractivity contribution in [1.29, 1.82) is 0 Å². The van der Waals surface area contributed by atoms with Crippen LogP contribution in [0.3, 0.4) is 0 Å². The zero-order chi connectivity index (χ0) is 25.5. The summed E-state index contributed by atoms with van der Waals surface area (Å²) >= 11 is 5.66. The Balaban J connectivity index is 1.84. The smallest absolute Gasteiger partial charge is 0.433 e. The molecule has 11 heteroatoms. The van der Waals surface area contributed by atoms with Crippen molar-refractivity contribution in [3.8, 4) is 17.0 Å². The molecule has 1 unspecified atom stereocenters. The van der Waals surface area contributed by atoms with Crippen molar-refractivity contribution >= 4 is 34.8 Å². The maximum Gasteiger partial charge on any atom is 0.433 e. The van der Waals surface area contributed by atoms with Crippen molar-refractivity contribution in [1.82, 2.24) is 4.98 Å². The van der Waals surface area contributed by atoms with E-state index in [9.17, 15) is 27.2 Å². The Labute approximate surface area is 202 Å². The van der Waals surface area contributed by atoms with Crippen LogP contribution in [0.25, 0.3) is 11.1 Å². The number of amides is 2. The molecule has 1 atom stereocenters. The predicted octanol–water partition coefficient (Wildman–Crippen LogP) is 5.66. The van der Waals surface area contributed by atoms with Gasteiger partial charge in [-0.15, -0.1) is 0 Å². The maximum absolute atomic E-state index is 13.8. The standard InChI is InChI=1S/C24H18ClF4N3O3/c1-12-14-5-3-4-6-15(14)21-18(10-19(24(27,28)29)31-22(21)35-2)32(23(12)34)11-20(33)30-13-7-8-16(25)17(26)9-13/h3-10,12H,11H2,1-2H3,(H,30,33). The van der Waals surface area contributed by atoms with Crippen LogP contribution in [-0.2, 0) is 15.8 Å². The summed E-state index contributed by atoms with van der Waals surface area (Å²) in [6.07, 6.45) is -4.84. The maximum atomic E-state index is 13.8. The van der Waals surface area contributed by atoms with Crippen molar-refractivity contribution in [3.63, 3.8) is 0 Å². The van der Waals surface area contributed by atoms with Gasteiger partial charge in [0, 0.05) is 5.69 Å². The van der Waals surface area contributed by atoms with E-state index >= 15 is 0 Å². The molecule has 0 spiro atoms. The summed E-state index contributed by atoms with van der Waals surface area (Å²) < 4.78 is 59.9. The molecule has 6 nitrogen and oxygen atoms in total. The molecule has 1 N–H and O–H groups in total. The zero-order valence-electron chi connectivity index (χ0n) is 18.4. The average Bonchev–Trinajstić information content (AvgIpc) is 2.90. The average molecular weight is 508 g/mol. The first-order valence-corrected chi connectivity index (χ1v) is 10.7. The van der Waals surface area contributed by atoms with Gasteiger partial charge in [-0.25, -0.2) is 9.37 Å². The van der Waals surface area contributed by atoms with Gasteiger partial charge in [-0.2, -0.15) is 13.2 Å². The second-order valence-electron chi connectivity index (χ2n) is 7.82. The quantitative estimate of drug-likeness (QED) is 0.463. The molecule has 3 aromatic rings. The molecule has 35 heavy (non-hydrogen) atoms. The highest BCUT2D eigenvalue weighted by atomic mass is 35.5. The molecule has 0 saturated carbocycles. The number of pyridine rings is 1. The number of aromatic nitrogens is 1. The van der Waals surface area contributed by atoms with Crippen LogP contribution in [0, 0.1) is 5.82 Å². The lowest BCUT2D eigenvalue weighted by Crippen LogP contribution is -2.40. The monoisotopic (exact) mass is 507 g/mol. The molecule has 4 rings (SSSR count). The Bertz CT molecular complexity index is 1330. The first-order valence-electron chi connectivity index (χ1n) is 10.3. The van der Waals surface area contributed by atoms with Crippen molar-refractivity contribution in [2.75, 3.05) is 23.9 Å². The molecular formula is C24H18ClF4N3O3. The number of benzene rings is 2. The zero-order valence-corrected chi connectivity index (χ0v) is 19.2. The molecule has 0 saturated heterocycles. The highest BCUT2D eigenvalue weighted by Gasteiger charge is 2.39. The van der Waals surface area contributed by atoms with Gasteiger partial charge in [0.15, 0.2) is 5.69 Å². The SMILES string of the molecule is COc1nc(C(F)(F)F)cc2c1-c1ccccc1C(C)C(=O)N2CC(=O)Nc1ccc(Cl)c(F)c1. The normalized spacial score (nSPS) is 15.2. The summed E-state index contributed by atoms with van der Waals surface area (Å²) in [6.45, 7) is 0.954. The summed E-state index contributed by atoms with van der Waals surface area (Å²) in [6, 6.07) is 11.0. The summed E-state index contributed by atoms with van der Waals surface area (Å²) in [5, 5.41) is 2.29. The number of ether oxygens (including phenoxy) is 1. The predicted molar refractivity (Wildman–Crippen MR) is 122 cm³/mol. The lowest BCUT2D eigenvalue weighted by atomic mass is 9.92. The van der Waals surface area contributed by atoms with Crippen molar-refractivity contribution in [2.45, 2.75) is 19.0 Å². The number of nitrogens with one attached hydrogen (secondary N) is 1. The van der Waals surface area contributed by atoms with Gasteiger partial charge in [-0.05, 0) is 42.3 Å². The summed E-state index contributed by atoms with van der Waals surface area (Å²) in [5.41, 5.74) is -0.231. The Hall–Kier alpha value is -3.66. The van der Waals surface area contributed by atoms with Crippen LogP contribution in [0.2, 0.25) is 5.02 Å². The molecule has 2 aromatic carbocycles. The highest BCUT2D eigenvalue weighted by molar-refractivity contribution is 6.30. The number of nitrogens with zero attached hydrogens (tertiary/aromatic N) is 2. The van der Waals surface area contributed by atoms with Gasteiger partial charge in [0.05, 0.1) is 29.3 Å². The van der Waals surface area contributed by atoms with E-state index in [0.29, 0.717) is 11.1 Å². The van der Waals surface area contributed by atoms with E-state index in [1.54, 1.807) is 31.2 Å². The number of methoxy groups -OCH3 is 1. The first-order chi connectivity index (χ1) is 16.5. The largest absolute Gasteiger partial charge is 0.480 e. The van der Waals surface area contributed by atoms with E-state index in [1.165, 1.54) is 19.2 Å². The second-order valence-corrected chi connectivity index (χ2v) is 8.23. The number of carbonyl (C=O) groups is 2. The Kier molecular flexibility index (Phi) is 6.42. The van der Waals surface area contributed by atoms with Crippen LogP contribution < -0.4 is 15.0 Å². The number of hydrogen-bond acceptors (Lipinski definition) is 4. The molecule has 0 radical (unpaired) electrons. The van der Waals surface area contributed by atoms with Gasteiger partial charge in [0.1, 0.15) is 12.4 Å². The number of halogens is 5. The Morgan fingerprint density at radius 3 is 2.57 bits per heavy atom. The van der Waals surface area contributed by atoms with Gasteiger partial charge in [-0.1, -0.05) is 35.9 Å². The Morgan fingerprint density at radius 2 is 1.91 bits per heavy atom. The van der Waals surface area contributed by atoms with E-state index in [0.717, 1.165) is 17.0 Å². The molecular weight excluding hydrogens is 490 g/mol. The van der Waals surface area contributed by atoms with Crippen molar-refractivity contribution in [3.05, 3.63) is 70.6 Å². The van der Waals surface area contributed by atoms with Crippen LogP contribution in [0.5, 0.6) is 5.88 Å². The molecule has 1 aliphatic heterocycles. The number of carbonyl (C=O) groups excluding carboxylic acids is 2. The minimum atomic E-state index is -4.84. The third-order valence-electron chi connectivity index (χ3n) is 5.58. The minimum absolute atomic E-state index is 0.0685. The summed E-state index contributed by atoms with van der Waals surface area (Å²) in [4.78, 5) is 30.9. The van der Waals surface area contributed by atoms with Crippen molar-refractivity contribution in [2.24, 2.45) is 0 Å². The second kappa shape index (κ2) is 9.18.